The molecule has 3 rings (SSSR count). The van der Waals surface area contributed by atoms with E-state index in [1.165, 1.54) is 48.1 Å². The van der Waals surface area contributed by atoms with Crippen LogP contribution in [0.15, 0.2) is 35.7 Å². The van der Waals surface area contributed by atoms with Crippen molar-refractivity contribution < 1.29 is 19.1 Å². The second-order valence-electron chi connectivity index (χ2n) is 13.1. The predicted molar refractivity (Wildman–Crippen MR) is 194 cm³/mol. The first kappa shape index (κ1) is 38.7. The van der Waals surface area contributed by atoms with E-state index in [1.54, 1.807) is 0 Å². The van der Waals surface area contributed by atoms with Crippen LogP contribution >= 0.6 is 11.3 Å². The number of nitrogens with zero attached hydrogens (tertiary/aromatic N) is 1. The lowest BCUT2D eigenvalue weighted by Gasteiger charge is -2.35. The van der Waals surface area contributed by atoms with E-state index in [0.29, 0.717) is 31.2 Å². The summed E-state index contributed by atoms with van der Waals surface area (Å²) >= 11 is 1.84. The molecule has 0 unspecified atom stereocenters. The van der Waals surface area contributed by atoms with E-state index in [9.17, 15) is 14.4 Å². The number of thiophene rings is 1. The minimum Gasteiger partial charge on any atom is -0.426 e. The maximum absolute atomic E-state index is 12.7. The molecule has 0 saturated heterocycles. The summed E-state index contributed by atoms with van der Waals surface area (Å²) in [4.78, 5) is 40.6. The summed E-state index contributed by atoms with van der Waals surface area (Å²) in [6.07, 6.45) is 18.9. The summed E-state index contributed by atoms with van der Waals surface area (Å²) < 4.78 is 5.81. The van der Waals surface area contributed by atoms with E-state index >= 15 is 0 Å². The minimum absolute atomic E-state index is 0.0139. The van der Waals surface area contributed by atoms with Crippen molar-refractivity contribution in [2.75, 3.05) is 26.2 Å². The molecule has 1 aliphatic rings. The quantitative estimate of drug-likeness (QED) is 0.0634. The lowest BCUT2D eigenvalue weighted by Crippen LogP contribution is -2.41. The van der Waals surface area contributed by atoms with Gasteiger partial charge in [0.2, 0.25) is 11.8 Å². The van der Waals surface area contributed by atoms with Crippen LogP contribution in [0.1, 0.15) is 133 Å². The van der Waals surface area contributed by atoms with Crippen molar-refractivity contribution in [1.29, 1.82) is 0 Å². The van der Waals surface area contributed by atoms with Crippen LogP contribution in [-0.4, -0.2) is 54.9 Å². The molecule has 0 saturated carbocycles. The first-order chi connectivity index (χ1) is 23.0. The van der Waals surface area contributed by atoms with Crippen LogP contribution in [-0.2, 0) is 33.6 Å². The number of hydrogen-bond acceptors (Lipinski definition) is 6. The summed E-state index contributed by atoms with van der Waals surface area (Å²) in [6.45, 7) is 7.61. The minimum atomic E-state index is -0.290. The average Bonchev–Trinajstić information content (AvgIpc) is 3.60. The number of carbonyl (C=O) groups is 3. The Labute approximate surface area is 288 Å². The van der Waals surface area contributed by atoms with E-state index in [0.717, 1.165) is 90.3 Å². The van der Waals surface area contributed by atoms with Gasteiger partial charge in [0.25, 0.3) is 0 Å². The summed E-state index contributed by atoms with van der Waals surface area (Å²) in [5.41, 5.74) is 2.46. The molecular formula is C39H61N3O4S. The second kappa shape index (κ2) is 23.6. The normalized spacial score (nSPS) is 14.1. The Morgan fingerprint density at radius 1 is 0.787 bits per heavy atom. The van der Waals surface area contributed by atoms with E-state index in [4.69, 9.17) is 4.74 Å². The molecule has 262 valence electrons. The van der Waals surface area contributed by atoms with Crippen molar-refractivity contribution in [3.63, 3.8) is 0 Å². The van der Waals surface area contributed by atoms with Gasteiger partial charge in [-0.1, -0.05) is 83.4 Å². The van der Waals surface area contributed by atoms with E-state index in [1.807, 2.05) is 23.5 Å². The van der Waals surface area contributed by atoms with Crippen LogP contribution in [0.3, 0.4) is 0 Å². The smallest absolute Gasteiger partial charge is 0.312 e. The molecule has 8 heteroatoms. The van der Waals surface area contributed by atoms with Crippen molar-refractivity contribution >= 4 is 29.1 Å². The van der Waals surface area contributed by atoms with Crippen LogP contribution in [0.4, 0.5) is 0 Å². The van der Waals surface area contributed by atoms with Gasteiger partial charge in [0.05, 0.1) is 6.42 Å². The van der Waals surface area contributed by atoms with Gasteiger partial charge in [-0.15, -0.1) is 11.3 Å². The summed E-state index contributed by atoms with van der Waals surface area (Å²) in [5.74, 6) is 0.597. The number of hydrogen-bond donors (Lipinski definition) is 2. The Morgan fingerprint density at radius 2 is 1.45 bits per heavy atom. The molecule has 2 amide bonds. The Hall–Kier alpha value is -2.71. The zero-order chi connectivity index (χ0) is 33.5. The molecule has 1 aromatic carbocycles. The van der Waals surface area contributed by atoms with Gasteiger partial charge in [-0.3, -0.25) is 19.3 Å². The SMILES string of the molecule is CCCNC(=O)CCCCCCCCCCCCC(=O)NCCC(=O)Oc1cccc2c1CC[C@@H](N(CCC)CCc1cccs1)C2. The summed E-state index contributed by atoms with van der Waals surface area (Å²) in [6, 6.07) is 11.0. The van der Waals surface area contributed by atoms with Crippen LogP contribution in [0, 0.1) is 0 Å². The zero-order valence-corrected chi connectivity index (χ0v) is 30.1. The Balaban J connectivity index is 1.22. The number of esters is 1. The topological polar surface area (TPSA) is 87.7 Å². The molecule has 0 aliphatic heterocycles. The molecule has 0 fully saturated rings. The largest absolute Gasteiger partial charge is 0.426 e. The predicted octanol–water partition coefficient (Wildman–Crippen LogP) is 8.18. The maximum atomic E-state index is 12.7. The number of amides is 2. The standard InChI is InChI=1S/C39H61N3O4S/c1-3-26-40-37(43)20-13-11-9-7-5-6-8-10-12-14-21-38(44)41-27-24-39(45)46-36-19-15-17-32-31-33(22-23-35(32)36)42(28-4-2)29-25-34-18-16-30-47-34/h15-19,30,33H,3-14,20-29,31H2,1-2H3,(H,40,43)(H,41,44)/t33-/m1/s1. The maximum Gasteiger partial charge on any atom is 0.312 e. The molecule has 2 aromatic rings. The first-order valence-corrected chi connectivity index (χ1v) is 19.5. The molecule has 2 N–H and O–H groups in total. The van der Waals surface area contributed by atoms with E-state index < -0.39 is 0 Å². The van der Waals surface area contributed by atoms with Gasteiger partial charge in [-0.2, -0.15) is 0 Å². The molecule has 0 bridgehead atoms. The molecule has 47 heavy (non-hydrogen) atoms. The van der Waals surface area contributed by atoms with Crippen molar-refractivity contribution in [2.24, 2.45) is 0 Å². The fraction of sp³-hybridized carbons (Fsp3) is 0.667. The third-order valence-corrected chi connectivity index (χ3v) is 10.1. The summed E-state index contributed by atoms with van der Waals surface area (Å²) in [5, 5.41) is 7.99. The number of ether oxygens (including phenoxy) is 1. The highest BCUT2D eigenvalue weighted by atomic mass is 32.1. The summed E-state index contributed by atoms with van der Waals surface area (Å²) in [7, 11) is 0. The molecule has 1 aromatic heterocycles. The van der Waals surface area contributed by atoms with Gasteiger partial charge < -0.3 is 15.4 Å². The third kappa shape index (κ3) is 15.8. The molecule has 1 aliphatic carbocycles. The highest BCUT2D eigenvalue weighted by Gasteiger charge is 2.26. The van der Waals surface area contributed by atoms with Crippen molar-refractivity contribution in [1.82, 2.24) is 15.5 Å². The van der Waals surface area contributed by atoms with Crippen LogP contribution in [0.2, 0.25) is 0 Å². The molecule has 0 radical (unpaired) electrons. The van der Waals surface area contributed by atoms with Crippen molar-refractivity contribution in [3.8, 4) is 5.75 Å². The fourth-order valence-electron chi connectivity index (χ4n) is 6.54. The number of carbonyl (C=O) groups excluding carboxylic acids is 3. The lowest BCUT2D eigenvalue weighted by atomic mass is 9.86. The third-order valence-electron chi connectivity index (χ3n) is 9.17. The van der Waals surface area contributed by atoms with E-state index in [-0.39, 0.29) is 24.2 Å². The van der Waals surface area contributed by atoms with Gasteiger partial charge in [0.1, 0.15) is 5.75 Å². The lowest BCUT2D eigenvalue weighted by molar-refractivity contribution is -0.134. The zero-order valence-electron chi connectivity index (χ0n) is 29.3. The van der Waals surface area contributed by atoms with Crippen molar-refractivity contribution in [3.05, 3.63) is 51.7 Å². The van der Waals surface area contributed by atoms with Crippen LogP contribution in [0.5, 0.6) is 5.75 Å². The Bertz CT molecular complexity index is 1170. The molecular weight excluding hydrogens is 607 g/mol. The monoisotopic (exact) mass is 667 g/mol. The average molecular weight is 668 g/mol. The van der Waals surface area contributed by atoms with Crippen LogP contribution < -0.4 is 15.4 Å². The molecule has 1 heterocycles. The van der Waals surface area contributed by atoms with Gasteiger partial charge in [-0.25, -0.2) is 0 Å². The Kier molecular flexibility index (Phi) is 19.4. The van der Waals surface area contributed by atoms with Gasteiger partial charge in [0, 0.05) is 43.4 Å². The first-order valence-electron chi connectivity index (χ1n) is 18.6. The molecule has 0 spiro atoms. The number of rotatable bonds is 25. The highest BCUT2D eigenvalue weighted by Crippen LogP contribution is 2.32. The van der Waals surface area contributed by atoms with Gasteiger partial charge in [-0.05, 0) is 86.6 Å². The fourth-order valence-corrected chi connectivity index (χ4v) is 7.24. The van der Waals surface area contributed by atoms with E-state index in [2.05, 4.69) is 53.0 Å². The molecule has 7 nitrogen and oxygen atoms in total. The van der Waals surface area contributed by atoms with Gasteiger partial charge >= 0.3 is 5.97 Å². The number of fused-ring (bicyclic) bond motifs is 1. The number of unbranched alkanes of at least 4 members (excludes halogenated alkanes) is 9. The Morgan fingerprint density at radius 3 is 2.06 bits per heavy atom. The second-order valence-corrected chi connectivity index (χ2v) is 14.1. The molecule has 1 atom stereocenters. The number of nitrogens with one attached hydrogen (secondary N) is 2. The van der Waals surface area contributed by atoms with Gasteiger partial charge in [0.15, 0.2) is 0 Å². The van der Waals surface area contributed by atoms with Crippen molar-refractivity contribution in [2.45, 2.75) is 142 Å². The number of benzene rings is 1. The highest BCUT2D eigenvalue weighted by molar-refractivity contribution is 7.09. The van der Waals surface area contributed by atoms with Crippen LogP contribution in [0.25, 0.3) is 0 Å².